The standard InChI is InChI=1S/C23H19N3OS/c1-17-12-14-19(15-13-17)22-24-25-23(26(22)20-10-6-3-7-11-20)28-16-21(27)18-8-4-2-5-9-18/h2-15H,16H2,1H3. The molecule has 5 heteroatoms. The van der Waals surface area contributed by atoms with Gasteiger partial charge in [-0.1, -0.05) is 90.1 Å². The minimum Gasteiger partial charge on any atom is -0.293 e. The van der Waals surface area contributed by atoms with E-state index in [4.69, 9.17) is 0 Å². The van der Waals surface area contributed by atoms with E-state index in [0.29, 0.717) is 16.5 Å². The average Bonchev–Trinajstić information content (AvgIpc) is 3.17. The summed E-state index contributed by atoms with van der Waals surface area (Å²) in [6.07, 6.45) is 0. The lowest BCUT2D eigenvalue weighted by atomic mass is 10.1. The highest BCUT2D eigenvalue weighted by molar-refractivity contribution is 7.99. The summed E-state index contributed by atoms with van der Waals surface area (Å²) in [5.41, 5.74) is 3.86. The second-order valence-electron chi connectivity index (χ2n) is 6.42. The number of carbonyl (C=O) groups is 1. The van der Waals surface area contributed by atoms with Crippen LogP contribution in [0.25, 0.3) is 17.1 Å². The quantitative estimate of drug-likeness (QED) is 0.337. The summed E-state index contributed by atoms with van der Waals surface area (Å²) in [6, 6.07) is 27.5. The van der Waals surface area contributed by atoms with Crippen molar-refractivity contribution < 1.29 is 4.79 Å². The van der Waals surface area contributed by atoms with Gasteiger partial charge < -0.3 is 0 Å². The summed E-state index contributed by atoms with van der Waals surface area (Å²) in [5, 5.41) is 9.50. The highest BCUT2D eigenvalue weighted by Gasteiger charge is 2.17. The maximum atomic E-state index is 12.5. The van der Waals surface area contributed by atoms with E-state index in [2.05, 4.69) is 29.3 Å². The van der Waals surface area contributed by atoms with E-state index >= 15 is 0 Å². The Morgan fingerprint density at radius 1 is 0.857 bits per heavy atom. The number of ketones is 1. The Morgan fingerprint density at radius 2 is 1.50 bits per heavy atom. The Morgan fingerprint density at radius 3 is 2.18 bits per heavy atom. The SMILES string of the molecule is Cc1ccc(-c2nnc(SCC(=O)c3ccccc3)n2-c2ccccc2)cc1. The molecule has 28 heavy (non-hydrogen) atoms. The first-order valence-corrected chi connectivity index (χ1v) is 10.00. The van der Waals surface area contributed by atoms with E-state index in [0.717, 1.165) is 17.1 Å². The van der Waals surface area contributed by atoms with Crippen LogP contribution in [-0.4, -0.2) is 26.3 Å². The molecule has 0 aliphatic rings. The molecule has 0 saturated carbocycles. The topological polar surface area (TPSA) is 47.8 Å². The van der Waals surface area contributed by atoms with Crippen LogP contribution in [0.15, 0.2) is 90.1 Å². The number of hydrogen-bond donors (Lipinski definition) is 0. The van der Waals surface area contributed by atoms with Crippen LogP contribution >= 0.6 is 11.8 Å². The molecule has 0 radical (unpaired) electrons. The van der Waals surface area contributed by atoms with E-state index in [1.54, 1.807) is 0 Å². The van der Waals surface area contributed by atoms with E-state index in [1.807, 2.05) is 77.4 Å². The van der Waals surface area contributed by atoms with Crippen molar-refractivity contribution in [2.24, 2.45) is 0 Å². The molecular weight excluding hydrogens is 366 g/mol. The number of carbonyl (C=O) groups excluding carboxylic acids is 1. The number of hydrogen-bond acceptors (Lipinski definition) is 4. The molecule has 0 N–H and O–H groups in total. The van der Waals surface area contributed by atoms with Gasteiger partial charge in [-0.15, -0.1) is 10.2 Å². The van der Waals surface area contributed by atoms with Crippen LogP contribution in [0.3, 0.4) is 0 Å². The average molecular weight is 385 g/mol. The fourth-order valence-corrected chi connectivity index (χ4v) is 3.75. The van der Waals surface area contributed by atoms with Crippen LogP contribution in [0.5, 0.6) is 0 Å². The monoisotopic (exact) mass is 385 g/mol. The zero-order chi connectivity index (χ0) is 19.3. The van der Waals surface area contributed by atoms with Gasteiger partial charge in [0.15, 0.2) is 16.8 Å². The third kappa shape index (κ3) is 3.89. The number of aryl methyl sites for hydroxylation is 1. The number of benzene rings is 3. The first-order valence-electron chi connectivity index (χ1n) is 9.01. The summed E-state index contributed by atoms with van der Waals surface area (Å²) in [6.45, 7) is 2.06. The van der Waals surface area contributed by atoms with Gasteiger partial charge in [-0.2, -0.15) is 0 Å². The lowest BCUT2D eigenvalue weighted by Crippen LogP contribution is -2.04. The molecule has 0 aliphatic heterocycles. The number of para-hydroxylation sites is 1. The molecule has 0 aliphatic carbocycles. The molecule has 0 spiro atoms. The van der Waals surface area contributed by atoms with Crippen LogP contribution in [-0.2, 0) is 0 Å². The lowest BCUT2D eigenvalue weighted by molar-refractivity contribution is 0.102. The van der Waals surface area contributed by atoms with Crippen LogP contribution in [0, 0.1) is 6.92 Å². The number of Topliss-reactive ketones (excluding diaryl/α,β-unsaturated/α-hetero) is 1. The van der Waals surface area contributed by atoms with Crippen molar-refractivity contribution >= 4 is 17.5 Å². The third-order valence-electron chi connectivity index (χ3n) is 4.39. The zero-order valence-corrected chi connectivity index (χ0v) is 16.3. The number of aromatic nitrogens is 3. The fraction of sp³-hybridized carbons (Fsp3) is 0.0870. The van der Waals surface area contributed by atoms with Gasteiger partial charge in [-0.05, 0) is 19.1 Å². The smallest absolute Gasteiger partial charge is 0.196 e. The first-order chi connectivity index (χ1) is 13.7. The zero-order valence-electron chi connectivity index (χ0n) is 15.4. The Bertz CT molecular complexity index is 1070. The molecule has 138 valence electrons. The molecule has 1 heterocycles. The molecule has 0 saturated heterocycles. The fourth-order valence-electron chi connectivity index (χ4n) is 2.90. The van der Waals surface area contributed by atoms with Crippen molar-refractivity contribution in [3.8, 4) is 17.1 Å². The van der Waals surface area contributed by atoms with Crippen molar-refractivity contribution in [3.05, 3.63) is 96.1 Å². The maximum Gasteiger partial charge on any atom is 0.196 e. The minimum absolute atomic E-state index is 0.0742. The van der Waals surface area contributed by atoms with Crippen LogP contribution in [0.4, 0.5) is 0 Å². The van der Waals surface area contributed by atoms with Crippen molar-refractivity contribution in [2.45, 2.75) is 12.1 Å². The van der Waals surface area contributed by atoms with E-state index < -0.39 is 0 Å². The van der Waals surface area contributed by atoms with Crippen LogP contribution < -0.4 is 0 Å². The Hall–Kier alpha value is -3.18. The van der Waals surface area contributed by atoms with E-state index in [1.165, 1.54) is 17.3 Å². The highest BCUT2D eigenvalue weighted by Crippen LogP contribution is 2.28. The van der Waals surface area contributed by atoms with Gasteiger partial charge in [0.1, 0.15) is 0 Å². The maximum absolute atomic E-state index is 12.5. The van der Waals surface area contributed by atoms with E-state index in [-0.39, 0.29) is 5.78 Å². The van der Waals surface area contributed by atoms with Crippen molar-refractivity contribution in [1.82, 2.24) is 14.8 Å². The van der Waals surface area contributed by atoms with E-state index in [9.17, 15) is 4.79 Å². The molecule has 0 atom stereocenters. The Kier molecular flexibility index (Phi) is 5.35. The molecule has 4 nitrogen and oxygen atoms in total. The molecule has 4 rings (SSSR count). The summed E-state index contributed by atoms with van der Waals surface area (Å²) < 4.78 is 2.01. The summed E-state index contributed by atoms with van der Waals surface area (Å²) >= 11 is 1.40. The molecular formula is C23H19N3OS. The minimum atomic E-state index is 0.0742. The number of nitrogens with zero attached hydrogens (tertiary/aromatic N) is 3. The van der Waals surface area contributed by atoms with Crippen molar-refractivity contribution in [3.63, 3.8) is 0 Å². The molecule has 0 unspecified atom stereocenters. The summed E-state index contributed by atoms with van der Waals surface area (Å²) in [7, 11) is 0. The predicted molar refractivity (Wildman–Crippen MR) is 113 cm³/mol. The predicted octanol–water partition coefficient (Wildman–Crippen LogP) is 5.22. The lowest BCUT2D eigenvalue weighted by Gasteiger charge is -2.10. The summed E-state index contributed by atoms with van der Waals surface area (Å²) in [4.78, 5) is 12.5. The third-order valence-corrected chi connectivity index (χ3v) is 5.31. The number of rotatable bonds is 6. The molecule has 0 fully saturated rings. The molecule has 0 bridgehead atoms. The van der Waals surface area contributed by atoms with Gasteiger partial charge in [-0.25, -0.2) is 0 Å². The van der Waals surface area contributed by atoms with Crippen molar-refractivity contribution in [1.29, 1.82) is 0 Å². The molecule has 4 aromatic rings. The second kappa shape index (κ2) is 8.23. The molecule has 0 amide bonds. The van der Waals surface area contributed by atoms with Crippen molar-refractivity contribution in [2.75, 3.05) is 5.75 Å². The van der Waals surface area contributed by atoms with Gasteiger partial charge >= 0.3 is 0 Å². The number of thioether (sulfide) groups is 1. The molecule has 3 aromatic carbocycles. The largest absolute Gasteiger partial charge is 0.293 e. The van der Waals surface area contributed by atoms with Gasteiger partial charge in [0, 0.05) is 16.8 Å². The van der Waals surface area contributed by atoms with Gasteiger partial charge in [-0.3, -0.25) is 9.36 Å². The first kappa shape index (κ1) is 18.2. The van der Waals surface area contributed by atoms with Gasteiger partial charge in [0.2, 0.25) is 0 Å². The van der Waals surface area contributed by atoms with Crippen LogP contribution in [0.2, 0.25) is 0 Å². The highest BCUT2D eigenvalue weighted by atomic mass is 32.2. The Balaban J connectivity index is 1.67. The van der Waals surface area contributed by atoms with Gasteiger partial charge in [0.25, 0.3) is 0 Å². The normalized spacial score (nSPS) is 10.8. The Labute approximate surface area is 168 Å². The second-order valence-corrected chi connectivity index (χ2v) is 7.36. The van der Waals surface area contributed by atoms with Crippen LogP contribution in [0.1, 0.15) is 15.9 Å². The molecule has 1 aromatic heterocycles. The summed E-state index contributed by atoms with van der Waals surface area (Å²) in [5.74, 6) is 1.15. The van der Waals surface area contributed by atoms with Gasteiger partial charge in [0.05, 0.1) is 5.75 Å².